The van der Waals surface area contributed by atoms with E-state index in [-0.39, 0.29) is 5.78 Å². The molecule has 0 bridgehead atoms. The molecule has 0 radical (unpaired) electrons. The van der Waals surface area contributed by atoms with Crippen LogP contribution in [0.5, 0.6) is 0 Å². The molecule has 0 aliphatic heterocycles. The van der Waals surface area contributed by atoms with Crippen molar-refractivity contribution >= 4 is 17.5 Å². The summed E-state index contributed by atoms with van der Waals surface area (Å²) < 4.78 is 7.51. The molecular weight excluding hydrogens is 370 g/mol. The fourth-order valence-corrected chi connectivity index (χ4v) is 3.68. The van der Waals surface area contributed by atoms with Gasteiger partial charge in [-0.2, -0.15) is 0 Å². The van der Waals surface area contributed by atoms with Gasteiger partial charge in [0.2, 0.25) is 0 Å². The average molecular weight is 389 g/mol. The number of hydrogen-bond donors (Lipinski definition) is 0. The lowest BCUT2D eigenvalue weighted by Gasteiger charge is -2.09. The Kier molecular flexibility index (Phi) is 5.39. The molecule has 0 aliphatic carbocycles. The Morgan fingerprint density at radius 3 is 2.50 bits per heavy atom. The van der Waals surface area contributed by atoms with Crippen molar-refractivity contribution in [3.05, 3.63) is 89.9 Å². The number of thioether (sulfide) groups is 1. The number of furan rings is 1. The maximum Gasteiger partial charge on any atom is 0.192 e. The number of Topliss-reactive ketones (excluding diaryl/α,β-unsaturated/α-hetero) is 1. The lowest BCUT2D eigenvalue weighted by atomic mass is 10.1. The lowest BCUT2D eigenvalue weighted by Crippen LogP contribution is -2.06. The van der Waals surface area contributed by atoms with E-state index < -0.39 is 0 Å². The highest BCUT2D eigenvalue weighted by molar-refractivity contribution is 7.99. The van der Waals surface area contributed by atoms with E-state index >= 15 is 0 Å². The Hall–Kier alpha value is -3.12. The molecule has 6 heteroatoms. The molecule has 2 aromatic carbocycles. The molecule has 0 aliphatic rings. The summed E-state index contributed by atoms with van der Waals surface area (Å²) in [6, 6.07) is 21.2. The molecule has 4 aromatic rings. The van der Waals surface area contributed by atoms with E-state index in [0.717, 1.165) is 17.1 Å². The van der Waals surface area contributed by atoms with E-state index in [1.807, 2.05) is 78.2 Å². The second-order valence-electron chi connectivity index (χ2n) is 6.42. The maximum absolute atomic E-state index is 12.5. The van der Waals surface area contributed by atoms with Crippen LogP contribution in [0.4, 0.5) is 0 Å². The molecule has 5 nitrogen and oxygen atoms in total. The minimum Gasteiger partial charge on any atom is -0.467 e. The van der Waals surface area contributed by atoms with Gasteiger partial charge in [-0.05, 0) is 19.1 Å². The second-order valence-corrected chi connectivity index (χ2v) is 7.36. The number of benzene rings is 2. The van der Waals surface area contributed by atoms with Gasteiger partial charge in [-0.15, -0.1) is 10.2 Å². The van der Waals surface area contributed by atoms with Crippen molar-refractivity contribution in [1.82, 2.24) is 14.8 Å². The van der Waals surface area contributed by atoms with Crippen LogP contribution in [0, 0.1) is 6.92 Å². The van der Waals surface area contributed by atoms with Gasteiger partial charge >= 0.3 is 0 Å². The van der Waals surface area contributed by atoms with Gasteiger partial charge in [0.25, 0.3) is 0 Å². The number of rotatable bonds is 7. The Bertz CT molecular complexity index is 1060. The first-order valence-electron chi connectivity index (χ1n) is 8.94. The van der Waals surface area contributed by atoms with Crippen LogP contribution in [0.3, 0.4) is 0 Å². The summed E-state index contributed by atoms with van der Waals surface area (Å²) >= 11 is 1.39. The van der Waals surface area contributed by atoms with E-state index in [9.17, 15) is 4.79 Å². The van der Waals surface area contributed by atoms with Crippen LogP contribution in [0.25, 0.3) is 11.4 Å². The summed E-state index contributed by atoms with van der Waals surface area (Å²) in [4.78, 5) is 12.5. The number of aryl methyl sites for hydroxylation is 1. The molecule has 4 rings (SSSR count). The molecule has 28 heavy (non-hydrogen) atoms. The topological polar surface area (TPSA) is 60.9 Å². The van der Waals surface area contributed by atoms with Crippen LogP contribution in [-0.2, 0) is 6.54 Å². The average Bonchev–Trinajstić information content (AvgIpc) is 3.38. The zero-order valence-electron chi connectivity index (χ0n) is 15.4. The molecule has 0 atom stereocenters. The molecule has 0 amide bonds. The van der Waals surface area contributed by atoms with E-state index in [4.69, 9.17) is 4.42 Å². The van der Waals surface area contributed by atoms with Crippen LogP contribution in [0.2, 0.25) is 0 Å². The summed E-state index contributed by atoms with van der Waals surface area (Å²) in [6.07, 6.45) is 1.65. The van der Waals surface area contributed by atoms with Crippen LogP contribution in [0.15, 0.2) is 82.6 Å². The van der Waals surface area contributed by atoms with E-state index in [1.54, 1.807) is 6.26 Å². The monoisotopic (exact) mass is 389 g/mol. The Morgan fingerprint density at radius 2 is 1.79 bits per heavy atom. The molecule has 2 aromatic heterocycles. The normalized spacial score (nSPS) is 10.9. The maximum atomic E-state index is 12.5. The minimum absolute atomic E-state index is 0.0648. The van der Waals surface area contributed by atoms with Crippen molar-refractivity contribution in [2.75, 3.05) is 5.75 Å². The summed E-state index contributed by atoms with van der Waals surface area (Å²) in [5.41, 5.74) is 2.86. The molecule has 2 heterocycles. The fraction of sp³-hybridized carbons (Fsp3) is 0.136. The quantitative estimate of drug-likeness (QED) is 0.333. The predicted octanol–water partition coefficient (Wildman–Crippen LogP) is 4.87. The summed E-state index contributed by atoms with van der Waals surface area (Å²) in [5.74, 6) is 1.93. The highest BCUT2D eigenvalue weighted by Crippen LogP contribution is 2.26. The van der Waals surface area contributed by atoms with Gasteiger partial charge in [0.05, 0.1) is 18.6 Å². The zero-order chi connectivity index (χ0) is 19.3. The largest absolute Gasteiger partial charge is 0.467 e. The number of carbonyl (C=O) groups excluding carboxylic acids is 1. The Balaban J connectivity index is 1.61. The third-order valence-electron chi connectivity index (χ3n) is 4.35. The molecule has 0 unspecified atom stereocenters. The van der Waals surface area contributed by atoms with Crippen LogP contribution >= 0.6 is 11.8 Å². The van der Waals surface area contributed by atoms with Crippen LogP contribution in [-0.4, -0.2) is 26.3 Å². The van der Waals surface area contributed by atoms with Crippen molar-refractivity contribution in [2.45, 2.75) is 18.6 Å². The van der Waals surface area contributed by atoms with Gasteiger partial charge in [0, 0.05) is 11.1 Å². The number of carbonyl (C=O) groups is 1. The standard InChI is InChI=1S/C22H19N3O2S/c1-16-9-11-18(12-10-16)21-23-24-22(25(21)14-19-8-5-13-27-19)28-15-20(26)17-6-3-2-4-7-17/h2-13H,14-15H2,1H3. The Labute approximate surface area is 167 Å². The Morgan fingerprint density at radius 1 is 1.00 bits per heavy atom. The van der Waals surface area contributed by atoms with E-state index in [2.05, 4.69) is 10.2 Å². The summed E-state index contributed by atoms with van der Waals surface area (Å²) in [6.45, 7) is 2.55. The molecule has 140 valence electrons. The first-order valence-corrected chi connectivity index (χ1v) is 9.93. The lowest BCUT2D eigenvalue weighted by molar-refractivity contribution is 0.102. The van der Waals surface area contributed by atoms with Gasteiger partial charge in [-0.1, -0.05) is 71.9 Å². The third-order valence-corrected chi connectivity index (χ3v) is 5.32. The van der Waals surface area contributed by atoms with Crippen molar-refractivity contribution in [2.24, 2.45) is 0 Å². The van der Waals surface area contributed by atoms with Crippen LogP contribution < -0.4 is 0 Å². The fourth-order valence-electron chi connectivity index (χ4n) is 2.85. The molecule has 0 saturated heterocycles. The third kappa shape index (κ3) is 4.07. The van der Waals surface area contributed by atoms with Gasteiger partial charge < -0.3 is 4.42 Å². The highest BCUT2D eigenvalue weighted by Gasteiger charge is 2.17. The van der Waals surface area contributed by atoms with E-state index in [0.29, 0.717) is 23.0 Å². The summed E-state index contributed by atoms with van der Waals surface area (Å²) in [5, 5.41) is 9.42. The highest BCUT2D eigenvalue weighted by atomic mass is 32.2. The van der Waals surface area contributed by atoms with E-state index in [1.165, 1.54) is 17.3 Å². The molecule has 0 fully saturated rings. The van der Waals surface area contributed by atoms with Gasteiger partial charge in [0.1, 0.15) is 5.76 Å². The second kappa shape index (κ2) is 8.27. The number of nitrogens with zero attached hydrogens (tertiary/aromatic N) is 3. The van der Waals surface area contributed by atoms with Gasteiger partial charge in [-0.3, -0.25) is 9.36 Å². The van der Waals surface area contributed by atoms with Crippen molar-refractivity contribution in [3.63, 3.8) is 0 Å². The van der Waals surface area contributed by atoms with Gasteiger partial charge in [-0.25, -0.2) is 0 Å². The number of ketones is 1. The minimum atomic E-state index is 0.0648. The first-order chi connectivity index (χ1) is 13.7. The van der Waals surface area contributed by atoms with Crippen LogP contribution in [0.1, 0.15) is 21.7 Å². The summed E-state index contributed by atoms with van der Waals surface area (Å²) in [7, 11) is 0. The van der Waals surface area contributed by atoms with Gasteiger partial charge in [0.15, 0.2) is 16.8 Å². The predicted molar refractivity (Wildman–Crippen MR) is 110 cm³/mol. The zero-order valence-corrected chi connectivity index (χ0v) is 16.2. The molecular formula is C22H19N3O2S. The first kappa shape index (κ1) is 18.3. The molecule has 0 N–H and O–H groups in total. The number of hydrogen-bond acceptors (Lipinski definition) is 5. The number of aromatic nitrogens is 3. The smallest absolute Gasteiger partial charge is 0.192 e. The van der Waals surface area contributed by atoms with Crippen molar-refractivity contribution in [1.29, 1.82) is 0 Å². The van der Waals surface area contributed by atoms with Crippen molar-refractivity contribution in [3.8, 4) is 11.4 Å². The molecule has 0 spiro atoms. The van der Waals surface area contributed by atoms with Crippen molar-refractivity contribution < 1.29 is 9.21 Å². The SMILES string of the molecule is Cc1ccc(-c2nnc(SCC(=O)c3ccccc3)n2Cc2ccco2)cc1. The molecule has 0 saturated carbocycles.